The normalized spacial score (nSPS) is 19.3. The first-order valence-corrected chi connectivity index (χ1v) is 6.83. The summed E-state index contributed by atoms with van der Waals surface area (Å²) in [5.74, 6) is 0.675. The van der Waals surface area contributed by atoms with Crippen LogP contribution in [0.15, 0.2) is 24.3 Å². The Bertz CT molecular complexity index is 353. The van der Waals surface area contributed by atoms with E-state index in [1.165, 1.54) is 6.42 Å². The van der Waals surface area contributed by atoms with Crippen LogP contribution in [0.3, 0.4) is 0 Å². The summed E-state index contributed by atoms with van der Waals surface area (Å²) in [5, 5.41) is 4.16. The third-order valence-electron chi connectivity index (χ3n) is 3.10. The molecular weight excluding hydrogens is 250 g/mol. The maximum Gasteiger partial charge on any atom is 0.0731 e. The molecule has 1 heterocycles. The first kappa shape index (κ1) is 13.8. The Balaban J connectivity index is 1.52. The number of benzene rings is 1. The highest BCUT2D eigenvalue weighted by molar-refractivity contribution is 6.31. The molecule has 1 unspecified atom stereocenters. The summed E-state index contributed by atoms with van der Waals surface area (Å²) in [7, 11) is 0. The minimum absolute atomic E-state index is 0.577. The summed E-state index contributed by atoms with van der Waals surface area (Å²) in [6.07, 6.45) is 1.17. The highest BCUT2D eigenvalue weighted by Gasteiger charge is 2.14. The standard InChI is InChI=1S/C14H20ClNO2/c15-14-4-2-1-3-13(14)11-18-8-6-16-9-12-5-7-17-10-12/h1-4,12,16H,5-11H2. The second-order valence-electron chi connectivity index (χ2n) is 4.58. The van der Waals surface area contributed by atoms with E-state index >= 15 is 0 Å². The van der Waals surface area contributed by atoms with Gasteiger partial charge in [0.2, 0.25) is 0 Å². The lowest BCUT2D eigenvalue weighted by atomic mass is 10.1. The van der Waals surface area contributed by atoms with Crippen molar-refractivity contribution in [3.05, 3.63) is 34.9 Å². The van der Waals surface area contributed by atoms with Gasteiger partial charge in [-0.25, -0.2) is 0 Å². The van der Waals surface area contributed by atoms with Crippen LogP contribution in [0, 0.1) is 5.92 Å². The first-order chi connectivity index (χ1) is 8.86. The zero-order chi connectivity index (χ0) is 12.6. The van der Waals surface area contributed by atoms with E-state index in [1.807, 2.05) is 24.3 Å². The van der Waals surface area contributed by atoms with Crippen LogP contribution < -0.4 is 5.32 Å². The summed E-state index contributed by atoms with van der Waals surface area (Å²) < 4.78 is 10.9. The maximum atomic E-state index is 6.04. The molecule has 0 spiro atoms. The number of rotatable bonds is 7. The van der Waals surface area contributed by atoms with Crippen LogP contribution in [-0.2, 0) is 16.1 Å². The molecule has 4 heteroatoms. The molecule has 18 heavy (non-hydrogen) atoms. The molecule has 1 N–H and O–H groups in total. The van der Waals surface area contributed by atoms with E-state index in [0.29, 0.717) is 19.1 Å². The number of hydrogen-bond donors (Lipinski definition) is 1. The van der Waals surface area contributed by atoms with E-state index in [0.717, 1.165) is 36.9 Å². The smallest absolute Gasteiger partial charge is 0.0731 e. The van der Waals surface area contributed by atoms with Crippen molar-refractivity contribution in [2.24, 2.45) is 5.92 Å². The fourth-order valence-electron chi connectivity index (χ4n) is 1.99. The molecule has 0 aliphatic carbocycles. The lowest BCUT2D eigenvalue weighted by molar-refractivity contribution is 0.121. The molecule has 1 aliphatic rings. The van der Waals surface area contributed by atoms with Gasteiger partial charge in [0.1, 0.15) is 0 Å². The van der Waals surface area contributed by atoms with Gasteiger partial charge in [0, 0.05) is 24.7 Å². The van der Waals surface area contributed by atoms with Crippen LogP contribution in [0.1, 0.15) is 12.0 Å². The van der Waals surface area contributed by atoms with Crippen molar-refractivity contribution in [2.75, 3.05) is 32.9 Å². The van der Waals surface area contributed by atoms with E-state index in [2.05, 4.69) is 5.32 Å². The fraction of sp³-hybridized carbons (Fsp3) is 0.571. The molecule has 0 radical (unpaired) electrons. The van der Waals surface area contributed by atoms with Crippen molar-refractivity contribution in [2.45, 2.75) is 13.0 Å². The van der Waals surface area contributed by atoms with Gasteiger partial charge in [-0.1, -0.05) is 29.8 Å². The van der Waals surface area contributed by atoms with Crippen LogP contribution in [-0.4, -0.2) is 32.9 Å². The van der Waals surface area contributed by atoms with Crippen molar-refractivity contribution in [3.63, 3.8) is 0 Å². The molecule has 0 amide bonds. The molecule has 1 aromatic rings. The van der Waals surface area contributed by atoms with E-state index in [4.69, 9.17) is 21.1 Å². The molecule has 0 saturated carbocycles. The van der Waals surface area contributed by atoms with Gasteiger partial charge in [0.15, 0.2) is 0 Å². The molecule has 0 aromatic heterocycles. The van der Waals surface area contributed by atoms with Gasteiger partial charge in [0.05, 0.1) is 19.8 Å². The predicted molar refractivity (Wildman–Crippen MR) is 72.9 cm³/mol. The number of hydrogen-bond acceptors (Lipinski definition) is 3. The first-order valence-electron chi connectivity index (χ1n) is 6.46. The van der Waals surface area contributed by atoms with E-state index in [1.54, 1.807) is 0 Å². The average Bonchev–Trinajstić information content (AvgIpc) is 2.89. The second-order valence-corrected chi connectivity index (χ2v) is 4.98. The van der Waals surface area contributed by atoms with Gasteiger partial charge in [-0.15, -0.1) is 0 Å². The van der Waals surface area contributed by atoms with Crippen LogP contribution in [0.4, 0.5) is 0 Å². The molecule has 1 aliphatic heterocycles. The molecule has 1 atom stereocenters. The molecule has 1 fully saturated rings. The monoisotopic (exact) mass is 269 g/mol. The summed E-state index contributed by atoms with van der Waals surface area (Å²) >= 11 is 6.04. The van der Waals surface area contributed by atoms with Crippen LogP contribution in [0.25, 0.3) is 0 Å². The highest BCUT2D eigenvalue weighted by Crippen LogP contribution is 2.15. The summed E-state index contributed by atoms with van der Waals surface area (Å²) in [6, 6.07) is 7.78. The van der Waals surface area contributed by atoms with Crippen molar-refractivity contribution >= 4 is 11.6 Å². The molecule has 2 rings (SSSR count). The van der Waals surface area contributed by atoms with Gasteiger partial charge in [-0.3, -0.25) is 0 Å². The van der Waals surface area contributed by atoms with Crippen molar-refractivity contribution in [1.82, 2.24) is 5.32 Å². The lowest BCUT2D eigenvalue weighted by Crippen LogP contribution is -2.26. The Morgan fingerprint density at radius 3 is 3.06 bits per heavy atom. The zero-order valence-corrected chi connectivity index (χ0v) is 11.3. The molecule has 1 aromatic carbocycles. The third kappa shape index (κ3) is 4.58. The number of halogens is 1. The summed E-state index contributed by atoms with van der Waals surface area (Å²) in [6.45, 7) is 4.99. The van der Waals surface area contributed by atoms with Gasteiger partial charge in [-0.05, 0) is 24.0 Å². The Morgan fingerprint density at radius 1 is 1.39 bits per heavy atom. The number of nitrogens with one attached hydrogen (secondary N) is 1. The van der Waals surface area contributed by atoms with Crippen LogP contribution in [0.5, 0.6) is 0 Å². The Labute approximate surface area is 113 Å². The largest absolute Gasteiger partial charge is 0.381 e. The molecule has 1 saturated heterocycles. The minimum Gasteiger partial charge on any atom is -0.381 e. The Morgan fingerprint density at radius 2 is 2.28 bits per heavy atom. The van der Waals surface area contributed by atoms with Gasteiger partial charge < -0.3 is 14.8 Å². The predicted octanol–water partition coefficient (Wildman–Crippen LogP) is 2.48. The molecule has 3 nitrogen and oxygen atoms in total. The topological polar surface area (TPSA) is 30.5 Å². The zero-order valence-electron chi connectivity index (χ0n) is 10.5. The van der Waals surface area contributed by atoms with Crippen molar-refractivity contribution < 1.29 is 9.47 Å². The van der Waals surface area contributed by atoms with E-state index in [9.17, 15) is 0 Å². The highest BCUT2D eigenvalue weighted by atomic mass is 35.5. The molecular formula is C14H20ClNO2. The maximum absolute atomic E-state index is 6.04. The van der Waals surface area contributed by atoms with Gasteiger partial charge >= 0.3 is 0 Å². The fourth-order valence-corrected chi connectivity index (χ4v) is 2.18. The van der Waals surface area contributed by atoms with Crippen molar-refractivity contribution in [1.29, 1.82) is 0 Å². The summed E-state index contributed by atoms with van der Waals surface area (Å²) in [5.41, 5.74) is 1.04. The Kier molecular flexibility index (Phi) is 5.94. The molecule has 100 valence electrons. The van der Waals surface area contributed by atoms with Crippen LogP contribution >= 0.6 is 11.6 Å². The lowest BCUT2D eigenvalue weighted by Gasteiger charge is -2.10. The van der Waals surface area contributed by atoms with Gasteiger partial charge in [-0.2, -0.15) is 0 Å². The van der Waals surface area contributed by atoms with Crippen LogP contribution in [0.2, 0.25) is 5.02 Å². The second kappa shape index (κ2) is 7.74. The van der Waals surface area contributed by atoms with Crippen molar-refractivity contribution in [3.8, 4) is 0 Å². The average molecular weight is 270 g/mol. The quantitative estimate of drug-likeness (QED) is 0.772. The third-order valence-corrected chi connectivity index (χ3v) is 3.46. The van der Waals surface area contributed by atoms with Gasteiger partial charge in [0.25, 0.3) is 0 Å². The summed E-state index contributed by atoms with van der Waals surface area (Å²) in [4.78, 5) is 0. The van der Waals surface area contributed by atoms with E-state index in [-0.39, 0.29) is 0 Å². The minimum atomic E-state index is 0.577. The Hall–Kier alpha value is -0.610. The van der Waals surface area contributed by atoms with E-state index < -0.39 is 0 Å². The number of ether oxygens (including phenoxy) is 2. The SMILES string of the molecule is Clc1ccccc1COCCNCC1CCOC1. The molecule has 0 bridgehead atoms.